The fraction of sp³-hybridized carbons (Fsp3) is 0.923. The Balaban J connectivity index is 1.92. The molecule has 0 aromatic heterocycles. The smallest absolute Gasteiger partial charge is 0.104 e. The molecule has 0 amide bonds. The summed E-state index contributed by atoms with van der Waals surface area (Å²) in [6.45, 7) is 3.58. The minimum absolute atomic E-state index is 0.642. The van der Waals surface area contributed by atoms with Crippen LogP contribution in [-0.2, 0) is 4.74 Å². The monoisotopic (exact) mass is 224 g/mol. The van der Waals surface area contributed by atoms with Crippen LogP contribution in [0.25, 0.3) is 0 Å². The highest BCUT2D eigenvalue weighted by molar-refractivity contribution is 5.03. The summed E-state index contributed by atoms with van der Waals surface area (Å²) in [5.41, 5.74) is 5.23. The highest BCUT2D eigenvalue weighted by Crippen LogP contribution is 2.29. The quantitative estimate of drug-likeness (QED) is 0.645. The zero-order valence-corrected chi connectivity index (χ0v) is 10.4. The molecule has 0 radical (unpaired) electrons. The number of nitrogens with two attached hydrogens (primary N) is 1. The number of rotatable bonds is 8. The average molecular weight is 224 g/mol. The zero-order chi connectivity index (χ0) is 11.9. The van der Waals surface area contributed by atoms with Gasteiger partial charge in [-0.05, 0) is 31.6 Å². The first kappa shape index (κ1) is 13.5. The van der Waals surface area contributed by atoms with E-state index < -0.39 is 5.54 Å². The molecular formula is C13H24N2O. The van der Waals surface area contributed by atoms with Crippen molar-refractivity contribution in [3.05, 3.63) is 0 Å². The lowest BCUT2D eigenvalue weighted by atomic mass is 9.83. The Bertz CT molecular complexity index is 233. The molecule has 1 aliphatic rings. The van der Waals surface area contributed by atoms with Crippen LogP contribution in [0.4, 0.5) is 0 Å². The minimum atomic E-state index is -0.642. The van der Waals surface area contributed by atoms with E-state index in [4.69, 9.17) is 15.7 Å². The number of ether oxygens (including phenoxy) is 1. The molecular weight excluding hydrogens is 200 g/mol. The van der Waals surface area contributed by atoms with Crippen LogP contribution < -0.4 is 5.73 Å². The topological polar surface area (TPSA) is 59.0 Å². The van der Waals surface area contributed by atoms with Gasteiger partial charge in [0.25, 0.3) is 0 Å². The Morgan fingerprint density at radius 2 is 2.19 bits per heavy atom. The summed E-state index contributed by atoms with van der Waals surface area (Å²) in [5.74, 6) is 0.920. The summed E-state index contributed by atoms with van der Waals surface area (Å²) in [6.07, 6.45) is 7.73. The predicted molar refractivity (Wildman–Crippen MR) is 64.8 cm³/mol. The highest BCUT2D eigenvalue weighted by atomic mass is 16.5. The number of hydrogen-bond donors (Lipinski definition) is 1. The van der Waals surface area contributed by atoms with Gasteiger partial charge in [-0.1, -0.05) is 26.2 Å². The van der Waals surface area contributed by atoms with Gasteiger partial charge in [0.2, 0.25) is 0 Å². The average Bonchev–Trinajstić information content (AvgIpc) is 2.25. The molecule has 0 aromatic rings. The van der Waals surface area contributed by atoms with Gasteiger partial charge in [0, 0.05) is 13.2 Å². The third kappa shape index (κ3) is 4.51. The van der Waals surface area contributed by atoms with Crippen molar-refractivity contribution in [1.82, 2.24) is 0 Å². The molecule has 1 atom stereocenters. The molecule has 0 bridgehead atoms. The maximum Gasteiger partial charge on any atom is 0.104 e. The Morgan fingerprint density at radius 1 is 1.44 bits per heavy atom. The van der Waals surface area contributed by atoms with Gasteiger partial charge in [0.05, 0.1) is 6.07 Å². The molecule has 1 unspecified atom stereocenters. The van der Waals surface area contributed by atoms with Gasteiger partial charge in [-0.2, -0.15) is 5.26 Å². The molecule has 92 valence electrons. The van der Waals surface area contributed by atoms with E-state index in [0.29, 0.717) is 6.42 Å². The lowest BCUT2D eigenvalue weighted by Gasteiger charge is -2.25. The summed E-state index contributed by atoms with van der Waals surface area (Å²) >= 11 is 0. The molecule has 3 heteroatoms. The van der Waals surface area contributed by atoms with E-state index in [9.17, 15) is 0 Å². The van der Waals surface area contributed by atoms with E-state index in [1.165, 1.54) is 25.7 Å². The van der Waals surface area contributed by atoms with Crippen LogP contribution in [0.5, 0.6) is 0 Å². The van der Waals surface area contributed by atoms with Crippen LogP contribution >= 0.6 is 0 Å². The van der Waals surface area contributed by atoms with Gasteiger partial charge in [-0.3, -0.25) is 0 Å². The maximum atomic E-state index is 8.88. The van der Waals surface area contributed by atoms with Crippen molar-refractivity contribution >= 4 is 0 Å². The molecule has 1 fully saturated rings. The zero-order valence-electron chi connectivity index (χ0n) is 10.4. The Labute approximate surface area is 99.0 Å². The molecule has 0 aromatic carbocycles. The molecule has 0 spiro atoms. The van der Waals surface area contributed by atoms with E-state index in [2.05, 4.69) is 6.07 Å². The number of nitrogens with zero attached hydrogens (tertiary/aromatic N) is 1. The normalized spacial score (nSPS) is 19.8. The molecule has 16 heavy (non-hydrogen) atoms. The van der Waals surface area contributed by atoms with E-state index in [1.807, 2.05) is 6.92 Å². The van der Waals surface area contributed by atoms with Crippen LogP contribution in [0.15, 0.2) is 0 Å². The SMILES string of the molecule is CCC(N)(C#N)CCCOCCC1CCC1. The molecule has 1 saturated carbocycles. The van der Waals surface area contributed by atoms with Gasteiger partial charge in [0.1, 0.15) is 5.54 Å². The second kappa shape index (κ2) is 6.88. The first-order valence-electron chi connectivity index (χ1n) is 6.48. The summed E-state index contributed by atoms with van der Waals surface area (Å²) in [6, 6.07) is 2.18. The van der Waals surface area contributed by atoms with Gasteiger partial charge >= 0.3 is 0 Å². The van der Waals surface area contributed by atoms with Crippen LogP contribution in [0, 0.1) is 17.2 Å². The molecule has 1 rings (SSSR count). The van der Waals surface area contributed by atoms with Gasteiger partial charge < -0.3 is 10.5 Å². The summed E-state index contributed by atoms with van der Waals surface area (Å²) < 4.78 is 5.56. The minimum Gasteiger partial charge on any atom is -0.381 e. The maximum absolute atomic E-state index is 8.88. The Morgan fingerprint density at radius 3 is 2.69 bits per heavy atom. The van der Waals surface area contributed by atoms with Crippen molar-refractivity contribution in [2.45, 2.75) is 57.4 Å². The van der Waals surface area contributed by atoms with Crippen molar-refractivity contribution in [2.75, 3.05) is 13.2 Å². The van der Waals surface area contributed by atoms with Crippen molar-refractivity contribution < 1.29 is 4.74 Å². The lowest BCUT2D eigenvalue weighted by molar-refractivity contribution is 0.101. The predicted octanol–water partition coefficient (Wildman–Crippen LogP) is 2.60. The van der Waals surface area contributed by atoms with Crippen molar-refractivity contribution in [2.24, 2.45) is 11.7 Å². The fourth-order valence-electron chi connectivity index (χ4n) is 1.93. The van der Waals surface area contributed by atoms with Gasteiger partial charge in [0.15, 0.2) is 0 Å². The van der Waals surface area contributed by atoms with E-state index in [0.717, 1.165) is 32.0 Å². The van der Waals surface area contributed by atoms with Gasteiger partial charge in [-0.25, -0.2) is 0 Å². The van der Waals surface area contributed by atoms with E-state index in [1.54, 1.807) is 0 Å². The third-order valence-corrected chi connectivity index (χ3v) is 3.66. The highest BCUT2D eigenvalue weighted by Gasteiger charge is 2.21. The van der Waals surface area contributed by atoms with Gasteiger partial charge in [-0.15, -0.1) is 0 Å². The fourth-order valence-corrected chi connectivity index (χ4v) is 1.93. The first-order chi connectivity index (χ1) is 7.70. The van der Waals surface area contributed by atoms with Crippen LogP contribution in [0.1, 0.15) is 51.9 Å². The van der Waals surface area contributed by atoms with E-state index >= 15 is 0 Å². The molecule has 2 N–H and O–H groups in total. The largest absolute Gasteiger partial charge is 0.381 e. The van der Waals surface area contributed by atoms with Crippen LogP contribution in [0.2, 0.25) is 0 Å². The molecule has 0 aliphatic heterocycles. The van der Waals surface area contributed by atoms with Crippen LogP contribution in [-0.4, -0.2) is 18.8 Å². The van der Waals surface area contributed by atoms with Crippen LogP contribution in [0.3, 0.4) is 0 Å². The Hall–Kier alpha value is -0.590. The summed E-state index contributed by atoms with van der Waals surface area (Å²) in [4.78, 5) is 0. The molecule has 0 saturated heterocycles. The van der Waals surface area contributed by atoms with Crippen molar-refractivity contribution in [1.29, 1.82) is 5.26 Å². The number of nitriles is 1. The second-order valence-electron chi connectivity index (χ2n) is 4.92. The second-order valence-corrected chi connectivity index (χ2v) is 4.92. The van der Waals surface area contributed by atoms with Crippen molar-refractivity contribution in [3.63, 3.8) is 0 Å². The first-order valence-corrected chi connectivity index (χ1v) is 6.48. The molecule has 3 nitrogen and oxygen atoms in total. The molecule has 1 aliphatic carbocycles. The Kier molecular flexibility index (Phi) is 5.79. The molecule has 0 heterocycles. The lowest BCUT2D eigenvalue weighted by Crippen LogP contribution is -2.37. The summed E-state index contributed by atoms with van der Waals surface area (Å²) in [5, 5.41) is 8.88. The summed E-state index contributed by atoms with van der Waals surface area (Å²) in [7, 11) is 0. The third-order valence-electron chi connectivity index (χ3n) is 3.66. The van der Waals surface area contributed by atoms with E-state index in [-0.39, 0.29) is 0 Å². The standard InChI is InChI=1S/C13H24N2O/c1-2-13(15,11-14)8-4-9-16-10-7-12-5-3-6-12/h12H,2-10,15H2,1H3. The van der Waals surface area contributed by atoms with Crippen molar-refractivity contribution in [3.8, 4) is 6.07 Å². The number of hydrogen-bond acceptors (Lipinski definition) is 3.